The Morgan fingerprint density at radius 2 is 1.88 bits per heavy atom. The Bertz CT molecular complexity index is 1270. The van der Waals surface area contributed by atoms with E-state index in [0.717, 1.165) is 23.1 Å². The van der Waals surface area contributed by atoms with E-state index in [4.69, 9.17) is 0 Å². The third-order valence-electron chi connectivity index (χ3n) is 6.59. The van der Waals surface area contributed by atoms with E-state index in [0.29, 0.717) is 37.1 Å². The Morgan fingerprint density at radius 3 is 2.62 bits per heavy atom. The van der Waals surface area contributed by atoms with Crippen LogP contribution in [0.15, 0.2) is 30.5 Å². The van der Waals surface area contributed by atoms with Crippen LogP contribution in [0, 0.1) is 22.9 Å². The number of rotatable bonds is 7. The summed E-state index contributed by atoms with van der Waals surface area (Å²) in [6, 6.07) is 5.30. The van der Waals surface area contributed by atoms with E-state index < -0.39 is 34.4 Å². The van der Waals surface area contributed by atoms with Crippen molar-refractivity contribution in [3.8, 4) is 0 Å². The molecule has 34 heavy (non-hydrogen) atoms. The van der Waals surface area contributed by atoms with Crippen molar-refractivity contribution in [2.45, 2.75) is 52.6 Å². The summed E-state index contributed by atoms with van der Waals surface area (Å²) in [6.45, 7) is 3.70. The van der Waals surface area contributed by atoms with Crippen LogP contribution in [0.5, 0.6) is 0 Å². The summed E-state index contributed by atoms with van der Waals surface area (Å²) < 4.78 is 44.3. The molecular formula is C25H26F3N3O3. The lowest BCUT2D eigenvalue weighted by Gasteiger charge is -2.29. The number of carbonyl (C=O) groups is 2. The highest BCUT2D eigenvalue weighted by molar-refractivity contribution is 5.84. The number of nitrogens with zero attached hydrogens (tertiary/aromatic N) is 3. The number of amides is 1. The number of halogens is 3. The van der Waals surface area contributed by atoms with Crippen molar-refractivity contribution in [2.24, 2.45) is 5.41 Å². The lowest BCUT2D eigenvalue weighted by Crippen LogP contribution is -2.37. The molecule has 2 aromatic heterocycles. The Kier molecular flexibility index (Phi) is 6.38. The van der Waals surface area contributed by atoms with Crippen LogP contribution in [0.25, 0.3) is 11.0 Å². The highest BCUT2D eigenvalue weighted by Crippen LogP contribution is 2.32. The molecule has 0 saturated carbocycles. The number of hydrogen-bond donors (Lipinski definition) is 1. The number of carbonyl (C=O) groups excluding carboxylic acids is 1. The molecule has 0 aliphatic carbocycles. The number of fused-ring (bicyclic) bond motifs is 3. The van der Waals surface area contributed by atoms with Crippen molar-refractivity contribution in [1.82, 2.24) is 14.5 Å². The van der Waals surface area contributed by atoms with Gasteiger partial charge >= 0.3 is 5.97 Å². The first-order valence-electron chi connectivity index (χ1n) is 11.2. The Hall–Kier alpha value is -3.36. The summed E-state index contributed by atoms with van der Waals surface area (Å²) in [4.78, 5) is 30.2. The Morgan fingerprint density at radius 1 is 1.15 bits per heavy atom. The van der Waals surface area contributed by atoms with Crippen LogP contribution in [-0.2, 0) is 29.1 Å². The van der Waals surface area contributed by atoms with E-state index >= 15 is 0 Å². The largest absolute Gasteiger partial charge is 0.481 e. The molecule has 3 aromatic rings. The summed E-state index contributed by atoms with van der Waals surface area (Å²) in [5.74, 6) is -4.24. The second kappa shape index (κ2) is 9.12. The zero-order valence-corrected chi connectivity index (χ0v) is 19.1. The fourth-order valence-electron chi connectivity index (χ4n) is 4.46. The Labute approximate surface area is 195 Å². The van der Waals surface area contributed by atoms with Gasteiger partial charge in [-0.2, -0.15) is 0 Å². The molecule has 6 nitrogen and oxygen atoms in total. The van der Waals surface area contributed by atoms with E-state index in [1.165, 1.54) is 0 Å². The topological polar surface area (TPSA) is 75.4 Å². The van der Waals surface area contributed by atoms with Gasteiger partial charge in [0.1, 0.15) is 11.5 Å². The van der Waals surface area contributed by atoms with E-state index in [9.17, 15) is 27.9 Å². The normalized spacial score (nSPS) is 13.9. The van der Waals surface area contributed by atoms with Crippen LogP contribution in [0.1, 0.15) is 49.9 Å². The highest BCUT2D eigenvalue weighted by atomic mass is 19.2. The third-order valence-corrected chi connectivity index (χ3v) is 6.59. The minimum absolute atomic E-state index is 0.111. The van der Waals surface area contributed by atoms with Crippen molar-refractivity contribution < 1.29 is 27.9 Å². The zero-order chi connectivity index (χ0) is 24.6. The lowest BCUT2D eigenvalue weighted by atomic mass is 9.87. The molecule has 1 N–H and O–H groups in total. The number of aliphatic carboxylic acids is 1. The van der Waals surface area contributed by atoms with Gasteiger partial charge in [0.15, 0.2) is 11.6 Å². The molecule has 0 spiro atoms. The first kappa shape index (κ1) is 23.8. The number of carboxylic acids is 1. The molecule has 1 aromatic carbocycles. The SMILES string of the molecule is CC(C)(CCCC(=O)N1CCc2c(n(Cc3c(F)ccc(F)c3F)c3ncccc23)C1)C(=O)O. The van der Waals surface area contributed by atoms with Crippen molar-refractivity contribution in [1.29, 1.82) is 0 Å². The fraction of sp³-hybridized carbons (Fsp3) is 0.400. The van der Waals surface area contributed by atoms with E-state index in [2.05, 4.69) is 4.98 Å². The summed E-state index contributed by atoms with van der Waals surface area (Å²) in [7, 11) is 0. The van der Waals surface area contributed by atoms with Gasteiger partial charge in [-0.3, -0.25) is 9.59 Å². The Balaban J connectivity index is 1.61. The lowest BCUT2D eigenvalue weighted by molar-refractivity contribution is -0.147. The average molecular weight is 473 g/mol. The van der Waals surface area contributed by atoms with Crippen LogP contribution >= 0.6 is 0 Å². The molecule has 1 aliphatic heterocycles. The standard InChI is InChI=1S/C25H26F3N3O3/c1-25(2,24(33)34)10-3-6-21(32)30-12-9-15-16-5-4-11-29-23(16)31(20(15)14-30)13-17-18(26)7-8-19(27)22(17)28/h4-5,7-8,11H,3,6,9-10,12-14H2,1-2H3,(H,33,34). The monoisotopic (exact) mass is 473 g/mol. The molecule has 0 saturated heterocycles. The maximum atomic E-state index is 14.4. The molecule has 1 aliphatic rings. The van der Waals surface area contributed by atoms with Gasteiger partial charge in [0.2, 0.25) is 5.91 Å². The second-order valence-electron chi connectivity index (χ2n) is 9.32. The predicted octanol–water partition coefficient (Wildman–Crippen LogP) is 4.67. The van der Waals surface area contributed by atoms with E-state index in [1.54, 1.807) is 35.6 Å². The van der Waals surface area contributed by atoms with Crippen molar-refractivity contribution in [3.63, 3.8) is 0 Å². The van der Waals surface area contributed by atoms with Crippen LogP contribution in [0.2, 0.25) is 0 Å². The molecule has 0 radical (unpaired) electrons. The fourth-order valence-corrected chi connectivity index (χ4v) is 4.46. The van der Waals surface area contributed by atoms with Gasteiger partial charge in [0, 0.05) is 35.8 Å². The number of carboxylic acid groups (broad SMARTS) is 1. The van der Waals surface area contributed by atoms with Gasteiger partial charge in [-0.25, -0.2) is 18.2 Å². The number of pyridine rings is 1. The van der Waals surface area contributed by atoms with Crippen LogP contribution in [-0.4, -0.2) is 38.0 Å². The third kappa shape index (κ3) is 4.38. The molecule has 3 heterocycles. The molecular weight excluding hydrogens is 447 g/mol. The molecule has 0 fully saturated rings. The molecule has 0 atom stereocenters. The highest BCUT2D eigenvalue weighted by Gasteiger charge is 2.30. The first-order valence-corrected chi connectivity index (χ1v) is 11.2. The average Bonchev–Trinajstić information content (AvgIpc) is 3.12. The molecule has 4 rings (SSSR count). The number of aromatic nitrogens is 2. The molecule has 9 heteroatoms. The number of hydrogen-bond acceptors (Lipinski definition) is 3. The predicted molar refractivity (Wildman–Crippen MR) is 120 cm³/mol. The van der Waals surface area contributed by atoms with Crippen molar-refractivity contribution in [2.75, 3.05) is 6.54 Å². The van der Waals surface area contributed by atoms with E-state index in [-0.39, 0.29) is 25.4 Å². The first-order chi connectivity index (χ1) is 16.1. The smallest absolute Gasteiger partial charge is 0.309 e. The van der Waals surface area contributed by atoms with Gasteiger partial charge in [-0.15, -0.1) is 0 Å². The van der Waals surface area contributed by atoms with Gasteiger partial charge in [-0.05, 0) is 62.9 Å². The van der Waals surface area contributed by atoms with Gasteiger partial charge in [0.05, 0.1) is 18.5 Å². The van der Waals surface area contributed by atoms with Crippen LogP contribution < -0.4 is 0 Å². The molecule has 0 unspecified atom stereocenters. The van der Waals surface area contributed by atoms with Gasteiger partial charge in [0.25, 0.3) is 0 Å². The van der Waals surface area contributed by atoms with Crippen molar-refractivity contribution >= 4 is 22.9 Å². The second-order valence-corrected chi connectivity index (χ2v) is 9.32. The zero-order valence-electron chi connectivity index (χ0n) is 19.1. The summed E-state index contributed by atoms with van der Waals surface area (Å²) in [6.07, 6.45) is 3.14. The van der Waals surface area contributed by atoms with Crippen LogP contribution in [0.4, 0.5) is 13.2 Å². The maximum Gasteiger partial charge on any atom is 0.309 e. The maximum absolute atomic E-state index is 14.4. The van der Waals surface area contributed by atoms with Gasteiger partial charge in [-0.1, -0.05) is 0 Å². The van der Waals surface area contributed by atoms with Crippen molar-refractivity contribution in [3.05, 3.63) is 64.7 Å². The van der Waals surface area contributed by atoms with Gasteiger partial charge < -0.3 is 14.6 Å². The van der Waals surface area contributed by atoms with Crippen LogP contribution in [0.3, 0.4) is 0 Å². The minimum Gasteiger partial charge on any atom is -0.481 e. The minimum atomic E-state index is -1.24. The van der Waals surface area contributed by atoms with E-state index in [1.807, 2.05) is 6.07 Å². The summed E-state index contributed by atoms with van der Waals surface area (Å²) in [5, 5.41) is 10.1. The molecule has 0 bridgehead atoms. The molecule has 180 valence electrons. The number of benzene rings is 1. The molecule has 1 amide bonds. The summed E-state index contributed by atoms with van der Waals surface area (Å²) >= 11 is 0. The quantitative estimate of drug-likeness (QED) is 0.506. The summed E-state index contributed by atoms with van der Waals surface area (Å²) in [5.41, 5.74) is 0.878.